The van der Waals surface area contributed by atoms with Gasteiger partial charge in [-0.2, -0.15) is 0 Å². The lowest BCUT2D eigenvalue weighted by molar-refractivity contribution is 0.0348. The molecule has 0 aromatic rings. The highest BCUT2D eigenvalue weighted by molar-refractivity contribution is 6.49. The smallest absolute Gasteiger partial charge is 0.410 e. The summed E-state index contributed by atoms with van der Waals surface area (Å²) in [5.74, 6) is 0.0987. The van der Waals surface area contributed by atoms with Crippen LogP contribution in [0, 0.1) is 11.3 Å². The van der Waals surface area contributed by atoms with Crippen molar-refractivity contribution in [2.24, 2.45) is 11.3 Å². The summed E-state index contributed by atoms with van der Waals surface area (Å²) in [4.78, 5) is 13.9. The van der Waals surface area contributed by atoms with E-state index in [4.69, 9.17) is 20.8 Å². The summed E-state index contributed by atoms with van der Waals surface area (Å²) >= 11 is 6.50. The predicted octanol–water partition coefficient (Wildman–Crippen LogP) is 3.83. The van der Waals surface area contributed by atoms with E-state index >= 15 is 0 Å². The molecule has 0 bridgehead atoms. The lowest BCUT2D eigenvalue weighted by atomic mass is 9.79. The van der Waals surface area contributed by atoms with Crippen molar-refractivity contribution in [2.75, 3.05) is 6.54 Å². The molecule has 3 atom stereocenters. The number of amides is 1. The SMILES string of the molecule is C[SiH](C)OC(Cl)[C@@H]([C@H]1CN1C(=O)OC(C)(C)C)C(C)(C)C. The van der Waals surface area contributed by atoms with Crippen LogP contribution in [0.25, 0.3) is 0 Å². The number of nitrogens with zero attached hydrogens (tertiary/aromatic N) is 1. The fourth-order valence-electron chi connectivity index (χ4n) is 2.48. The number of hydrogen-bond donors (Lipinski definition) is 0. The largest absolute Gasteiger partial charge is 0.444 e. The summed E-state index contributed by atoms with van der Waals surface area (Å²) in [5, 5.41) is 0. The summed E-state index contributed by atoms with van der Waals surface area (Å²) in [6, 6.07) is 0.107. The third-order valence-electron chi connectivity index (χ3n) is 3.38. The molecule has 124 valence electrons. The van der Waals surface area contributed by atoms with Crippen molar-refractivity contribution in [2.45, 2.75) is 71.8 Å². The van der Waals surface area contributed by atoms with Gasteiger partial charge in [0.25, 0.3) is 0 Å². The molecule has 0 saturated carbocycles. The monoisotopic (exact) mass is 335 g/mol. The van der Waals surface area contributed by atoms with Gasteiger partial charge in [0, 0.05) is 12.5 Å². The van der Waals surface area contributed by atoms with Gasteiger partial charge < -0.3 is 14.1 Å². The van der Waals surface area contributed by atoms with E-state index in [1.165, 1.54) is 0 Å². The van der Waals surface area contributed by atoms with E-state index in [1.807, 2.05) is 20.8 Å². The molecule has 0 aromatic carbocycles. The first-order valence-electron chi connectivity index (χ1n) is 7.62. The number of hydrogen-bond acceptors (Lipinski definition) is 3. The molecule has 0 radical (unpaired) electrons. The molecule has 21 heavy (non-hydrogen) atoms. The average Bonchev–Trinajstić information content (AvgIpc) is 2.90. The van der Waals surface area contributed by atoms with Gasteiger partial charge in [-0.15, -0.1) is 0 Å². The lowest BCUT2D eigenvalue weighted by Gasteiger charge is -2.35. The second-order valence-corrected chi connectivity index (χ2v) is 10.9. The van der Waals surface area contributed by atoms with Crippen molar-refractivity contribution in [3.05, 3.63) is 0 Å². The van der Waals surface area contributed by atoms with E-state index in [0.717, 1.165) is 0 Å². The zero-order chi connectivity index (χ0) is 16.6. The zero-order valence-electron chi connectivity index (χ0n) is 14.6. The van der Waals surface area contributed by atoms with Gasteiger partial charge in [0.2, 0.25) is 0 Å². The van der Waals surface area contributed by atoms with Gasteiger partial charge in [-0.25, -0.2) is 4.79 Å². The average molecular weight is 336 g/mol. The van der Waals surface area contributed by atoms with Gasteiger partial charge in [0.1, 0.15) is 11.2 Å². The van der Waals surface area contributed by atoms with Crippen LogP contribution in [0.5, 0.6) is 0 Å². The molecule has 0 aliphatic carbocycles. The van der Waals surface area contributed by atoms with Crippen LogP contribution < -0.4 is 0 Å². The predicted molar refractivity (Wildman–Crippen MR) is 89.3 cm³/mol. The Morgan fingerprint density at radius 2 is 1.76 bits per heavy atom. The van der Waals surface area contributed by atoms with Crippen molar-refractivity contribution < 1.29 is 14.0 Å². The molecule has 1 rings (SSSR count). The molecule has 1 aliphatic heterocycles. The Balaban J connectivity index is 2.74. The van der Waals surface area contributed by atoms with Crippen LogP contribution in [0.4, 0.5) is 4.79 Å². The van der Waals surface area contributed by atoms with Gasteiger partial charge in [0.15, 0.2) is 9.04 Å². The molecular formula is C15H30ClNO3Si. The fraction of sp³-hybridized carbons (Fsp3) is 0.933. The molecular weight excluding hydrogens is 306 g/mol. The van der Waals surface area contributed by atoms with Gasteiger partial charge in [-0.3, -0.25) is 0 Å². The Labute approximate surface area is 135 Å². The normalized spacial score (nSPS) is 22.2. The Bertz CT molecular complexity index is 376. The molecule has 0 spiro atoms. The molecule has 0 aromatic heterocycles. The van der Waals surface area contributed by atoms with Gasteiger partial charge in [-0.05, 0) is 39.3 Å². The van der Waals surface area contributed by atoms with Crippen LogP contribution in [0.3, 0.4) is 0 Å². The number of rotatable bonds is 4. The van der Waals surface area contributed by atoms with Crippen molar-refractivity contribution in [1.29, 1.82) is 0 Å². The number of carbonyl (C=O) groups is 1. The summed E-state index contributed by atoms with van der Waals surface area (Å²) in [6.07, 6.45) is -0.257. The molecule has 1 aliphatic rings. The highest BCUT2D eigenvalue weighted by Gasteiger charge is 2.52. The van der Waals surface area contributed by atoms with Crippen molar-refractivity contribution >= 4 is 26.7 Å². The molecule has 6 heteroatoms. The topological polar surface area (TPSA) is 38.5 Å². The number of alkyl halides is 1. The number of ether oxygens (including phenoxy) is 1. The molecule has 4 nitrogen and oxygen atoms in total. The van der Waals surface area contributed by atoms with Gasteiger partial charge >= 0.3 is 6.09 Å². The van der Waals surface area contributed by atoms with E-state index in [0.29, 0.717) is 6.54 Å². The quantitative estimate of drug-likeness (QED) is 0.445. The Hall–Kier alpha value is -0.263. The third-order valence-corrected chi connectivity index (χ3v) is 4.76. The van der Waals surface area contributed by atoms with E-state index in [9.17, 15) is 4.79 Å². The lowest BCUT2D eigenvalue weighted by Crippen LogP contribution is -2.39. The molecule has 1 fully saturated rings. The minimum atomic E-state index is -1.22. The van der Waals surface area contributed by atoms with Crippen LogP contribution in [-0.4, -0.2) is 43.8 Å². The maximum atomic E-state index is 12.1. The van der Waals surface area contributed by atoms with Crippen molar-refractivity contribution in [3.63, 3.8) is 0 Å². The van der Waals surface area contributed by atoms with E-state index in [1.54, 1.807) is 4.90 Å². The molecule has 1 saturated heterocycles. The fourth-order valence-corrected chi connectivity index (χ4v) is 4.33. The second kappa shape index (κ2) is 6.47. The summed E-state index contributed by atoms with van der Waals surface area (Å²) in [7, 11) is -1.22. The minimum Gasteiger partial charge on any atom is -0.444 e. The van der Waals surface area contributed by atoms with Crippen LogP contribution in [0.2, 0.25) is 13.1 Å². The van der Waals surface area contributed by atoms with E-state index in [-0.39, 0.29) is 29.0 Å². The van der Waals surface area contributed by atoms with Crippen molar-refractivity contribution in [3.8, 4) is 0 Å². The molecule has 0 N–H and O–H groups in total. The van der Waals surface area contributed by atoms with Crippen molar-refractivity contribution in [1.82, 2.24) is 4.90 Å². The third kappa shape index (κ3) is 5.79. The maximum absolute atomic E-state index is 12.1. The molecule has 1 heterocycles. The summed E-state index contributed by atoms with van der Waals surface area (Å²) in [5.41, 5.74) is -0.852. The Morgan fingerprint density at radius 3 is 2.14 bits per heavy atom. The number of carbonyl (C=O) groups excluding carboxylic acids is 1. The summed E-state index contributed by atoms with van der Waals surface area (Å²) in [6.45, 7) is 17.0. The second-order valence-electron chi connectivity index (χ2n) is 8.13. The van der Waals surface area contributed by atoms with Gasteiger partial charge in [-0.1, -0.05) is 32.4 Å². The Kier molecular flexibility index (Phi) is 5.78. The minimum absolute atomic E-state index is 0.0306. The van der Waals surface area contributed by atoms with Crippen LogP contribution >= 0.6 is 11.6 Å². The zero-order valence-corrected chi connectivity index (χ0v) is 16.5. The van der Waals surface area contributed by atoms with E-state index < -0.39 is 14.6 Å². The first-order valence-corrected chi connectivity index (χ1v) is 10.8. The molecule has 1 amide bonds. The van der Waals surface area contributed by atoms with Gasteiger partial charge in [0.05, 0.1) is 6.04 Å². The summed E-state index contributed by atoms with van der Waals surface area (Å²) < 4.78 is 11.3. The Morgan fingerprint density at radius 1 is 1.24 bits per heavy atom. The maximum Gasteiger partial charge on any atom is 0.410 e. The highest BCUT2D eigenvalue weighted by atomic mass is 35.5. The number of halogens is 1. The highest BCUT2D eigenvalue weighted by Crippen LogP contribution is 2.42. The standard InChI is InChI=1S/C15H30ClNO3Si/c1-14(2,3)11(12(16)20-21(7)8)10-9-17(10)13(18)19-15(4,5)6/h10-12,21H,9H2,1-8H3/t10-,11-,12?,17?/m1/s1. The van der Waals surface area contributed by atoms with E-state index in [2.05, 4.69) is 33.9 Å². The first-order chi connectivity index (χ1) is 9.33. The first kappa shape index (κ1) is 18.8. The van der Waals surface area contributed by atoms with Crippen LogP contribution in [0.1, 0.15) is 41.5 Å². The molecule has 1 unspecified atom stereocenters. The van der Waals surface area contributed by atoms with Crippen LogP contribution in [-0.2, 0) is 9.16 Å². The van der Waals surface area contributed by atoms with Crippen LogP contribution in [0.15, 0.2) is 0 Å².